The summed E-state index contributed by atoms with van der Waals surface area (Å²) in [6.45, 7) is 11.0. The van der Waals surface area contributed by atoms with Crippen molar-refractivity contribution >= 4 is 22.9 Å². The van der Waals surface area contributed by atoms with Gasteiger partial charge in [-0.05, 0) is 71.2 Å². The average molecular weight is 478 g/mol. The number of anilines is 1. The second-order valence-corrected chi connectivity index (χ2v) is 10.6. The van der Waals surface area contributed by atoms with E-state index >= 15 is 0 Å². The van der Waals surface area contributed by atoms with Crippen LogP contribution in [0.25, 0.3) is 16.7 Å². The third-order valence-electron chi connectivity index (χ3n) is 6.52. The van der Waals surface area contributed by atoms with E-state index in [1.54, 1.807) is 7.11 Å². The Labute approximate surface area is 206 Å². The van der Waals surface area contributed by atoms with Crippen LogP contribution in [0.15, 0.2) is 24.3 Å². The maximum absolute atomic E-state index is 12.8. The number of carbonyl (C=O) groups excluding carboxylic acids is 1. The van der Waals surface area contributed by atoms with E-state index in [9.17, 15) is 4.79 Å². The molecule has 1 saturated heterocycles. The molecule has 1 aliphatic carbocycles. The lowest BCUT2D eigenvalue weighted by molar-refractivity contribution is 0.192. The Bertz CT molecular complexity index is 1230. The minimum atomic E-state index is -0.256. The molecule has 0 unspecified atom stereocenters. The first-order chi connectivity index (χ1) is 16.7. The van der Waals surface area contributed by atoms with Gasteiger partial charge in [0.2, 0.25) is 0 Å². The first-order valence-corrected chi connectivity index (χ1v) is 12.5. The largest absolute Gasteiger partial charge is 0.497 e. The van der Waals surface area contributed by atoms with Gasteiger partial charge in [-0.2, -0.15) is 5.10 Å². The molecular formula is C26H35N7O2. The number of rotatable bonds is 4. The Balaban J connectivity index is 1.50. The molecule has 9 heteroatoms. The molecule has 0 bridgehead atoms. The second kappa shape index (κ2) is 9.02. The lowest BCUT2D eigenvalue weighted by Crippen LogP contribution is -2.49. The summed E-state index contributed by atoms with van der Waals surface area (Å²) in [5, 5.41) is 8.95. The maximum atomic E-state index is 12.8. The first-order valence-electron chi connectivity index (χ1n) is 12.5. The van der Waals surface area contributed by atoms with Gasteiger partial charge >= 0.3 is 6.03 Å². The lowest BCUT2D eigenvalue weighted by Gasteiger charge is -2.28. The molecule has 1 aromatic carbocycles. The van der Waals surface area contributed by atoms with Crippen LogP contribution in [0.3, 0.4) is 0 Å². The predicted molar refractivity (Wildman–Crippen MR) is 137 cm³/mol. The molecular weight excluding hydrogens is 442 g/mol. The number of urea groups is 1. The fourth-order valence-electron chi connectivity index (χ4n) is 4.57. The maximum Gasteiger partial charge on any atom is 0.317 e. The van der Waals surface area contributed by atoms with E-state index in [-0.39, 0.29) is 11.6 Å². The highest BCUT2D eigenvalue weighted by atomic mass is 16.5. The highest BCUT2D eigenvalue weighted by molar-refractivity contribution is 5.91. The van der Waals surface area contributed by atoms with E-state index < -0.39 is 0 Å². The minimum Gasteiger partial charge on any atom is -0.497 e. The number of hydrogen-bond donors (Lipinski definition) is 1. The first kappa shape index (κ1) is 23.4. The van der Waals surface area contributed by atoms with Crippen molar-refractivity contribution in [2.45, 2.75) is 58.4 Å². The van der Waals surface area contributed by atoms with Crippen LogP contribution in [-0.2, 0) is 0 Å². The number of ether oxygens (including phenoxy) is 1. The van der Waals surface area contributed by atoms with Crippen LogP contribution in [0, 0.1) is 6.92 Å². The SMILES string of the molecule is COc1ccc(-n2nc(C)c3c(N4CCCN(C(=O)NC(C)(C)C)CC4)nc(C4CC4)nc32)cc1. The fourth-order valence-corrected chi connectivity index (χ4v) is 4.57. The number of aryl methyl sites for hydroxylation is 1. The van der Waals surface area contributed by atoms with Gasteiger partial charge < -0.3 is 19.9 Å². The topological polar surface area (TPSA) is 88.4 Å². The second-order valence-electron chi connectivity index (χ2n) is 10.6. The monoisotopic (exact) mass is 477 g/mol. The summed E-state index contributed by atoms with van der Waals surface area (Å²) < 4.78 is 7.24. The van der Waals surface area contributed by atoms with E-state index in [1.165, 1.54) is 0 Å². The number of carbonyl (C=O) groups is 1. The Kier molecular flexibility index (Phi) is 6.02. The summed E-state index contributed by atoms with van der Waals surface area (Å²) in [6.07, 6.45) is 3.14. The summed E-state index contributed by atoms with van der Waals surface area (Å²) in [5.74, 6) is 3.06. The molecule has 3 heterocycles. The van der Waals surface area contributed by atoms with Crippen molar-refractivity contribution in [3.63, 3.8) is 0 Å². The van der Waals surface area contributed by atoms with E-state index in [2.05, 4.69) is 10.2 Å². The molecule has 2 aromatic heterocycles. The van der Waals surface area contributed by atoms with Gasteiger partial charge in [0, 0.05) is 37.6 Å². The Morgan fingerprint density at radius 2 is 1.80 bits per heavy atom. The van der Waals surface area contributed by atoms with Gasteiger partial charge in [-0.3, -0.25) is 0 Å². The minimum absolute atomic E-state index is 0.00522. The zero-order valence-corrected chi connectivity index (χ0v) is 21.3. The fraction of sp³-hybridized carbons (Fsp3) is 0.538. The number of amides is 2. The number of aromatic nitrogens is 4. The molecule has 0 radical (unpaired) electrons. The molecule has 9 nitrogen and oxygen atoms in total. The van der Waals surface area contributed by atoms with Gasteiger partial charge in [0.15, 0.2) is 5.65 Å². The molecule has 35 heavy (non-hydrogen) atoms. The van der Waals surface area contributed by atoms with E-state index in [0.717, 1.165) is 78.7 Å². The number of nitrogens with zero attached hydrogens (tertiary/aromatic N) is 6. The summed E-state index contributed by atoms with van der Waals surface area (Å²) >= 11 is 0. The average Bonchev–Trinajstić information content (AvgIpc) is 3.64. The standard InChI is InChI=1S/C26H35N7O2/c1-17-21-23(31-13-6-14-32(16-15-31)25(34)29-26(2,3)4)27-22(18-7-8-18)28-24(21)33(30-17)19-9-11-20(35-5)12-10-19/h9-12,18H,6-8,13-16H2,1-5H3,(H,29,34). The van der Waals surface area contributed by atoms with Gasteiger partial charge in [0.1, 0.15) is 17.4 Å². The molecule has 0 spiro atoms. The van der Waals surface area contributed by atoms with Crippen molar-refractivity contribution in [3.8, 4) is 11.4 Å². The van der Waals surface area contributed by atoms with Gasteiger partial charge in [-0.25, -0.2) is 19.4 Å². The van der Waals surface area contributed by atoms with Gasteiger partial charge in [-0.1, -0.05) is 0 Å². The highest BCUT2D eigenvalue weighted by Crippen LogP contribution is 2.40. The molecule has 2 fully saturated rings. The predicted octanol–water partition coefficient (Wildman–Crippen LogP) is 4.03. The zero-order valence-electron chi connectivity index (χ0n) is 21.3. The number of methoxy groups -OCH3 is 1. The van der Waals surface area contributed by atoms with Gasteiger partial charge in [0.25, 0.3) is 0 Å². The van der Waals surface area contributed by atoms with E-state index in [0.29, 0.717) is 12.5 Å². The molecule has 2 amide bonds. The Hall–Kier alpha value is -3.36. The van der Waals surface area contributed by atoms with Crippen LogP contribution in [-0.4, -0.2) is 69.5 Å². The Morgan fingerprint density at radius 1 is 1.06 bits per heavy atom. The summed E-state index contributed by atoms with van der Waals surface area (Å²) in [6, 6.07) is 7.87. The van der Waals surface area contributed by atoms with E-state index in [4.69, 9.17) is 19.8 Å². The third kappa shape index (κ3) is 4.90. The number of benzene rings is 1. The molecule has 2 aliphatic rings. The van der Waals surface area contributed by atoms with Crippen LogP contribution in [0.5, 0.6) is 5.75 Å². The van der Waals surface area contributed by atoms with Crippen molar-refractivity contribution in [2.24, 2.45) is 0 Å². The van der Waals surface area contributed by atoms with Crippen LogP contribution in [0.2, 0.25) is 0 Å². The molecule has 1 aliphatic heterocycles. The van der Waals surface area contributed by atoms with Crippen LogP contribution >= 0.6 is 0 Å². The molecule has 1 N–H and O–H groups in total. The zero-order chi connectivity index (χ0) is 24.7. The molecule has 1 saturated carbocycles. The highest BCUT2D eigenvalue weighted by Gasteiger charge is 2.31. The number of fused-ring (bicyclic) bond motifs is 1. The van der Waals surface area contributed by atoms with Crippen LogP contribution < -0.4 is 15.0 Å². The number of nitrogens with one attached hydrogen (secondary N) is 1. The van der Waals surface area contributed by atoms with Crippen molar-refractivity contribution < 1.29 is 9.53 Å². The molecule has 186 valence electrons. The quantitative estimate of drug-likeness (QED) is 0.610. The van der Waals surface area contributed by atoms with Crippen LogP contribution in [0.4, 0.5) is 10.6 Å². The molecule has 5 rings (SSSR count). The third-order valence-corrected chi connectivity index (χ3v) is 6.52. The molecule has 3 aromatic rings. The summed E-state index contributed by atoms with van der Waals surface area (Å²) in [4.78, 5) is 27.1. The molecule has 0 atom stereocenters. The summed E-state index contributed by atoms with van der Waals surface area (Å²) in [5.41, 5.74) is 2.43. The van der Waals surface area contributed by atoms with Gasteiger partial charge in [-0.15, -0.1) is 0 Å². The van der Waals surface area contributed by atoms with Crippen molar-refractivity contribution in [1.82, 2.24) is 30.0 Å². The van der Waals surface area contributed by atoms with Gasteiger partial charge in [0.05, 0.1) is 23.9 Å². The van der Waals surface area contributed by atoms with Crippen LogP contribution in [0.1, 0.15) is 57.5 Å². The van der Waals surface area contributed by atoms with Crippen molar-refractivity contribution in [2.75, 3.05) is 38.2 Å². The van der Waals surface area contributed by atoms with Crippen molar-refractivity contribution in [1.29, 1.82) is 0 Å². The van der Waals surface area contributed by atoms with E-state index in [1.807, 2.05) is 61.5 Å². The van der Waals surface area contributed by atoms with Crippen molar-refractivity contribution in [3.05, 3.63) is 35.8 Å². The summed E-state index contributed by atoms with van der Waals surface area (Å²) in [7, 11) is 1.67. The normalized spacial score (nSPS) is 16.9. The smallest absolute Gasteiger partial charge is 0.317 e. The Morgan fingerprint density at radius 3 is 2.46 bits per heavy atom. The lowest BCUT2D eigenvalue weighted by atomic mass is 10.1. The number of hydrogen-bond acceptors (Lipinski definition) is 6.